The van der Waals surface area contributed by atoms with E-state index in [4.69, 9.17) is 26.1 Å². The van der Waals surface area contributed by atoms with Crippen molar-refractivity contribution in [1.82, 2.24) is 19.3 Å². The molecule has 0 unspecified atom stereocenters. The number of imidazole rings is 1. The first-order valence-corrected chi connectivity index (χ1v) is 10.5. The normalized spacial score (nSPS) is 15.1. The molecule has 0 saturated carbocycles. The Morgan fingerprint density at radius 2 is 2.03 bits per heavy atom. The number of rotatable bonds is 5. The number of pyridine rings is 2. The van der Waals surface area contributed by atoms with E-state index in [2.05, 4.69) is 27.3 Å². The zero-order valence-corrected chi connectivity index (χ0v) is 17.6. The van der Waals surface area contributed by atoms with Crippen molar-refractivity contribution in [1.29, 1.82) is 0 Å². The van der Waals surface area contributed by atoms with Crippen molar-refractivity contribution in [3.05, 3.63) is 70.8 Å². The SMILES string of the molecule is Cc1cccc2nc(COc3c(CN4CCOCC4)cc(Cl)c4cccnc34)cn12. The average molecular weight is 423 g/mol. The van der Waals surface area contributed by atoms with Crippen LogP contribution in [0.4, 0.5) is 0 Å². The monoisotopic (exact) mass is 422 g/mol. The molecule has 0 aliphatic carbocycles. The minimum Gasteiger partial charge on any atom is -0.485 e. The first-order chi connectivity index (χ1) is 14.7. The second kappa shape index (κ2) is 8.22. The lowest BCUT2D eigenvalue weighted by molar-refractivity contribution is 0.0338. The molecular weight excluding hydrogens is 400 g/mol. The van der Waals surface area contributed by atoms with Gasteiger partial charge in [-0.25, -0.2) is 4.98 Å². The molecule has 1 saturated heterocycles. The summed E-state index contributed by atoms with van der Waals surface area (Å²) in [7, 11) is 0. The predicted octanol–water partition coefficient (Wildman–Crippen LogP) is 4.26. The third-order valence-corrected chi connectivity index (χ3v) is 5.79. The van der Waals surface area contributed by atoms with Gasteiger partial charge in [-0.05, 0) is 37.3 Å². The molecule has 0 atom stereocenters. The number of nitrogens with zero attached hydrogens (tertiary/aromatic N) is 4. The molecular formula is C23H23ClN4O2. The molecule has 30 heavy (non-hydrogen) atoms. The van der Waals surface area contributed by atoms with Crippen LogP contribution >= 0.6 is 11.6 Å². The van der Waals surface area contributed by atoms with Crippen LogP contribution in [0.25, 0.3) is 16.6 Å². The summed E-state index contributed by atoms with van der Waals surface area (Å²) >= 11 is 6.59. The molecule has 5 rings (SSSR count). The van der Waals surface area contributed by atoms with Crippen LogP contribution in [0.15, 0.2) is 48.8 Å². The van der Waals surface area contributed by atoms with Crippen molar-refractivity contribution < 1.29 is 9.47 Å². The lowest BCUT2D eigenvalue weighted by atomic mass is 10.1. The Balaban J connectivity index is 1.49. The highest BCUT2D eigenvalue weighted by Crippen LogP contribution is 2.35. The van der Waals surface area contributed by atoms with Crippen LogP contribution in [0.2, 0.25) is 5.02 Å². The number of ether oxygens (including phenoxy) is 2. The van der Waals surface area contributed by atoms with Gasteiger partial charge in [-0.2, -0.15) is 0 Å². The van der Waals surface area contributed by atoms with Crippen molar-refractivity contribution in [2.24, 2.45) is 0 Å². The van der Waals surface area contributed by atoms with Gasteiger partial charge in [0.05, 0.1) is 23.9 Å². The smallest absolute Gasteiger partial charge is 0.150 e. The maximum absolute atomic E-state index is 6.59. The highest BCUT2D eigenvalue weighted by molar-refractivity contribution is 6.35. The molecule has 3 aromatic heterocycles. The number of halogens is 1. The van der Waals surface area contributed by atoms with E-state index >= 15 is 0 Å². The maximum Gasteiger partial charge on any atom is 0.150 e. The first-order valence-electron chi connectivity index (χ1n) is 10.1. The fraction of sp³-hybridized carbons (Fsp3) is 0.304. The Morgan fingerprint density at radius 1 is 1.17 bits per heavy atom. The molecule has 4 heterocycles. The van der Waals surface area contributed by atoms with Gasteiger partial charge in [-0.1, -0.05) is 17.7 Å². The van der Waals surface area contributed by atoms with Crippen LogP contribution in [-0.2, 0) is 17.9 Å². The van der Waals surface area contributed by atoms with Crippen LogP contribution in [0, 0.1) is 6.92 Å². The molecule has 1 fully saturated rings. The number of morpholine rings is 1. The molecule has 0 amide bonds. The topological polar surface area (TPSA) is 51.9 Å². The van der Waals surface area contributed by atoms with E-state index in [9.17, 15) is 0 Å². The van der Waals surface area contributed by atoms with Crippen molar-refractivity contribution in [3.8, 4) is 5.75 Å². The summed E-state index contributed by atoms with van der Waals surface area (Å²) in [4.78, 5) is 11.6. The van der Waals surface area contributed by atoms with Gasteiger partial charge < -0.3 is 13.9 Å². The third-order valence-electron chi connectivity index (χ3n) is 5.48. The van der Waals surface area contributed by atoms with Gasteiger partial charge in [0, 0.05) is 48.7 Å². The Labute approximate surface area is 180 Å². The summed E-state index contributed by atoms with van der Waals surface area (Å²) in [6.45, 7) is 6.45. The molecule has 7 heteroatoms. The van der Waals surface area contributed by atoms with Gasteiger partial charge in [-0.15, -0.1) is 0 Å². The molecule has 4 aromatic rings. The zero-order valence-electron chi connectivity index (χ0n) is 16.8. The second-order valence-corrected chi connectivity index (χ2v) is 7.96. The Bertz CT molecular complexity index is 1200. The number of fused-ring (bicyclic) bond motifs is 2. The average Bonchev–Trinajstić information content (AvgIpc) is 3.19. The van der Waals surface area contributed by atoms with E-state index in [0.29, 0.717) is 11.6 Å². The molecule has 154 valence electrons. The lowest BCUT2D eigenvalue weighted by Crippen LogP contribution is -2.35. The summed E-state index contributed by atoms with van der Waals surface area (Å²) in [6.07, 6.45) is 3.80. The third kappa shape index (κ3) is 3.74. The van der Waals surface area contributed by atoms with Gasteiger partial charge in [0.1, 0.15) is 17.8 Å². The fourth-order valence-corrected chi connectivity index (χ4v) is 4.20. The van der Waals surface area contributed by atoms with E-state index in [-0.39, 0.29) is 0 Å². The molecule has 0 radical (unpaired) electrons. The Kier molecular flexibility index (Phi) is 5.29. The zero-order chi connectivity index (χ0) is 20.5. The van der Waals surface area contributed by atoms with Gasteiger partial charge >= 0.3 is 0 Å². The maximum atomic E-state index is 6.59. The van der Waals surface area contributed by atoms with Crippen LogP contribution in [0.3, 0.4) is 0 Å². The van der Waals surface area contributed by atoms with Crippen LogP contribution in [-0.4, -0.2) is 45.6 Å². The Morgan fingerprint density at radius 3 is 2.87 bits per heavy atom. The minimum atomic E-state index is 0.366. The number of hydrogen-bond acceptors (Lipinski definition) is 5. The van der Waals surface area contributed by atoms with Crippen molar-refractivity contribution >= 4 is 28.2 Å². The quantitative estimate of drug-likeness (QED) is 0.481. The highest BCUT2D eigenvalue weighted by Gasteiger charge is 2.18. The van der Waals surface area contributed by atoms with Crippen molar-refractivity contribution in [2.75, 3.05) is 26.3 Å². The van der Waals surface area contributed by atoms with Crippen LogP contribution in [0.1, 0.15) is 17.0 Å². The Hall–Kier alpha value is -2.67. The number of benzene rings is 1. The van der Waals surface area contributed by atoms with Crippen LogP contribution in [0.5, 0.6) is 5.75 Å². The first kappa shape index (κ1) is 19.3. The minimum absolute atomic E-state index is 0.366. The molecule has 0 N–H and O–H groups in total. The van der Waals surface area contributed by atoms with Crippen molar-refractivity contribution in [3.63, 3.8) is 0 Å². The van der Waals surface area contributed by atoms with E-state index in [1.54, 1.807) is 6.20 Å². The summed E-state index contributed by atoms with van der Waals surface area (Å²) < 4.78 is 13.9. The molecule has 1 aromatic carbocycles. The standard InChI is InChI=1S/C23H23ClN4O2/c1-16-4-2-6-21-26-18(14-28(16)21)15-30-23-17(13-27-8-10-29-11-9-27)12-20(24)19-5-3-7-25-22(19)23/h2-7,12,14H,8-11,13,15H2,1H3. The summed E-state index contributed by atoms with van der Waals surface area (Å²) in [6, 6.07) is 12.0. The van der Waals surface area contributed by atoms with E-state index in [1.807, 2.05) is 36.5 Å². The summed E-state index contributed by atoms with van der Waals surface area (Å²) in [5.41, 5.74) is 4.75. The van der Waals surface area contributed by atoms with E-state index < -0.39 is 0 Å². The van der Waals surface area contributed by atoms with Crippen LogP contribution < -0.4 is 4.74 Å². The lowest BCUT2D eigenvalue weighted by Gasteiger charge is -2.27. The molecule has 6 nitrogen and oxygen atoms in total. The van der Waals surface area contributed by atoms with Gasteiger partial charge in [-0.3, -0.25) is 9.88 Å². The molecule has 0 spiro atoms. The number of aromatic nitrogens is 3. The van der Waals surface area contributed by atoms with Gasteiger partial charge in [0.25, 0.3) is 0 Å². The largest absolute Gasteiger partial charge is 0.485 e. The fourth-order valence-electron chi connectivity index (χ4n) is 3.92. The van der Waals surface area contributed by atoms with Crippen molar-refractivity contribution in [2.45, 2.75) is 20.1 Å². The predicted molar refractivity (Wildman–Crippen MR) is 117 cm³/mol. The number of aryl methyl sites for hydroxylation is 1. The molecule has 1 aliphatic rings. The summed E-state index contributed by atoms with van der Waals surface area (Å²) in [5, 5.41) is 1.59. The summed E-state index contributed by atoms with van der Waals surface area (Å²) in [5.74, 6) is 0.773. The highest BCUT2D eigenvalue weighted by atomic mass is 35.5. The second-order valence-electron chi connectivity index (χ2n) is 7.55. The molecule has 1 aliphatic heterocycles. The number of hydrogen-bond donors (Lipinski definition) is 0. The van der Waals surface area contributed by atoms with Gasteiger partial charge in [0.2, 0.25) is 0 Å². The molecule has 0 bridgehead atoms. The van der Waals surface area contributed by atoms with E-state index in [0.717, 1.165) is 72.1 Å². The van der Waals surface area contributed by atoms with Gasteiger partial charge in [0.15, 0.2) is 5.75 Å². The van der Waals surface area contributed by atoms with E-state index in [1.165, 1.54) is 0 Å².